The maximum absolute atomic E-state index is 9.00. The van der Waals surface area contributed by atoms with E-state index in [1.54, 1.807) is 0 Å². The monoisotopic (exact) mass is 225 g/mol. The Bertz CT molecular complexity index is 287. The molecule has 1 rings (SSSR count). The van der Waals surface area contributed by atoms with Crippen LogP contribution in [0, 0.1) is 6.92 Å². The molecule has 1 aromatic carbocycles. The molecule has 0 saturated heterocycles. The van der Waals surface area contributed by atoms with Crippen LogP contribution in [0.5, 0.6) is 0 Å². The Labute approximate surface area is 96.1 Å². The van der Waals surface area contributed by atoms with Gasteiger partial charge in [-0.25, -0.2) is 0 Å². The van der Waals surface area contributed by atoms with Gasteiger partial charge in [0.2, 0.25) is 0 Å². The van der Waals surface area contributed by atoms with Crippen molar-refractivity contribution in [1.29, 1.82) is 0 Å². The van der Waals surface area contributed by atoms with Crippen LogP contribution in [0.2, 0.25) is 0 Å². The molecular formula is C12H19NOS. The summed E-state index contributed by atoms with van der Waals surface area (Å²) in [4.78, 5) is 1.31. The minimum Gasteiger partial charge on any atom is -0.395 e. The quantitative estimate of drug-likeness (QED) is 0.727. The molecule has 2 nitrogen and oxygen atoms in total. The number of benzene rings is 1. The van der Waals surface area contributed by atoms with Crippen molar-refractivity contribution < 1.29 is 5.11 Å². The van der Waals surface area contributed by atoms with Gasteiger partial charge in [0, 0.05) is 10.9 Å². The summed E-state index contributed by atoms with van der Waals surface area (Å²) in [6, 6.07) is 8.73. The van der Waals surface area contributed by atoms with Crippen molar-refractivity contribution in [2.24, 2.45) is 0 Å². The van der Waals surface area contributed by atoms with Gasteiger partial charge in [-0.2, -0.15) is 0 Å². The summed E-state index contributed by atoms with van der Waals surface area (Å²) >= 11 is 1.84. The first-order valence-corrected chi connectivity index (χ1v) is 6.22. The molecule has 15 heavy (non-hydrogen) atoms. The zero-order valence-corrected chi connectivity index (χ0v) is 10.2. The van der Waals surface area contributed by atoms with E-state index in [-0.39, 0.29) is 12.6 Å². The number of aliphatic hydroxyl groups is 1. The van der Waals surface area contributed by atoms with Gasteiger partial charge in [0.1, 0.15) is 0 Å². The molecule has 0 aliphatic heterocycles. The Morgan fingerprint density at radius 1 is 1.47 bits per heavy atom. The Kier molecular flexibility index (Phi) is 5.76. The molecule has 0 fully saturated rings. The second kappa shape index (κ2) is 6.88. The molecule has 0 amide bonds. The second-order valence-corrected chi connectivity index (χ2v) is 4.79. The highest BCUT2D eigenvalue weighted by Gasteiger charge is 2.03. The fourth-order valence-electron chi connectivity index (χ4n) is 1.35. The molecule has 0 saturated carbocycles. The highest BCUT2D eigenvalue weighted by Crippen LogP contribution is 2.19. The van der Waals surface area contributed by atoms with Crippen molar-refractivity contribution >= 4 is 11.8 Å². The third-order valence-electron chi connectivity index (χ3n) is 2.35. The lowest BCUT2D eigenvalue weighted by Crippen LogP contribution is -2.29. The molecule has 1 aromatic rings. The molecule has 0 spiro atoms. The van der Waals surface area contributed by atoms with Gasteiger partial charge in [-0.05, 0) is 38.3 Å². The zero-order valence-electron chi connectivity index (χ0n) is 9.36. The van der Waals surface area contributed by atoms with E-state index in [0.29, 0.717) is 0 Å². The first-order chi connectivity index (χ1) is 7.26. The summed E-state index contributed by atoms with van der Waals surface area (Å²) in [7, 11) is 1.89. The van der Waals surface area contributed by atoms with E-state index >= 15 is 0 Å². The first kappa shape index (κ1) is 12.6. The van der Waals surface area contributed by atoms with Crippen LogP contribution in [0.25, 0.3) is 0 Å². The molecule has 0 heterocycles. The number of thioether (sulfide) groups is 1. The van der Waals surface area contributed by atoms with Crippen LogP contribution in [0.3, 0.4) is 0 Å². The van der Waals surface area contributed by atoms with Crippen molar-refractivity contribution in [2.75, 3.05) is 19.4 Å². The number of nitrogens with one attached hydrogen (secondary N) is 1. The second-order valence-electron chi connectivity index (χ2n) is 3.62. The third-order valence-corrected chi connectivity index (χ3v) is 3.38. The third kappa shape index (κ3) is 4.69. The van der Waals surface area contributed by atoms with Gasteiger partial charge in [-0.15, -0.1) is 11.8 Å². The molecule has 2 N–H and O–H groups in total. The first-order valence-electron chi connectivity index (χ1n) is 5.24. The van der Waals surface area contributed by atoms with E-state index < -0.39 is 0 Å². The van der Waals surface area contributed by atoms with Crippen LogP contribution >= 0.6 is 11.8 Å². The van der Waals surface area contributed by atoms with Gasteiger partial charge < -0.3 is 10.4 Å². The summed E-state index contributed by atoms with van der Waals surface area (Å²) in [5, 5.41) is 12.1. The lowest BCUT2D eigenvalue weighted by atomic mass is 10.2. The summed E-state index contributed by atoms with van der Waals surface area (Å²) < 4.78 is 0. The maximum atomic E-state index is 9.00. The number of hydrogen-bond acceptors (Lipinski definition) is 3. The molecular weight excluding hydrogens is 206 g/mol. The van der Waals surface area contributed by atoms with E-state index in [9.17, 15) is 0 Å². The lowest BCUT2D eigenvalue weighted by Gasteiger charge is -2.12. The number of likely N-dealkylation sites (N-methyl/N-ethyl adjacent to an activating group) is 1. The fourth-order valence-corrected chi connectivity index (χ4v) is 2.43. The Morgan fingerprint density at radius 3 is 2.87 bits per heavy atom. The summed E-state index contributed by atoms with van der Waals surface area (Å²) in [6.07, 6.45) is 0.992. The molecule has 0 aliphatic rings. The Morgan fingerprint density at radius 2 is 2.27 bits per heavy atom. The predicted molar refractivity (Wildman–Crippen MR) is 66.5 cm³/mol. The van der Waals surface area contributed by atoms with Gasteiger partial charge in [0.25, 0.3) is 0 Å². The van der Waals surface area contributed by atoms with E-state index in [0.717, 1.165) is 12.2 Å². The van der Waals surface area contributed by atoms with Gasteiger partial charge in [-0.1, -0.05) is 17.7 Å². The van der Waals surface area contributed by atoms with Crippen LogP contribution in [-0.4, -0.2) is 30.6 Å². The topological polar surface area (TPSA) is 32.3 Å². The lowest BCUT2D eigenvalue weighted by molar-refractivity contribution is 0.246. The molecule has 0 radical (unpaired) electrons. The maximum Gasteiger partial charge on any atom is 0.0584 e. The number of aryl methyl sites for hydroxylation is 1. The van der Waals surface area contributed by atoms with Crippen LogP contribution < -0.4 is 5.32 Å². The van der Waals surface area contributed by atoms with Crippen molar-refractivity contribution in [3.05, 3.63) is 29.8 Å². The number of aliphatic hydroxyl groups excluding tert-OH is 1. The normalized spacial score (nSPS) is 12.7. The van der Waals surface area contributed by atoms with Crippen molar-refractivity contribution in [2.45, 2.75) is 24.3 Å². The standard InChI is InChI=1S/C12H19NOS/c1-10-4-3-5-12(8-10)15-7-6-11(9-14)13-2/h3-5,8,11,13-14H,6-7,9H2,1-2H3. The van der Waals surface area contributed by atoms with Crippen LogP contribution in [0.15, 0.2) is 29.2 Å². The average Bonchev–Trinajstić information content (AvgIpc) is 2.25. The molecule has 1 unspecified atom stereocenters. The zero-order chi connectivity index (χ0) is 11.1. The van der Waals surface area contributed by atoms with Gasteiger partial charge in [0.15, 0.2) is 0 Å². The number of hydrogen-bond donors (Lipinski definition) is 2. The van der Waals surface area contributed by atoms with Crippen molar-refractivity contribution in [3.63, 3.8) is 0 Å². The summed E-state index contributed by atoms with van der Waals surface area (Å²) in [5.41, 5.74) is 1.30. The van der Waals surface area contributed by atoms with E-state index in [1.807, 2.05) is 18.8 Å². The van der Waals surface area contributed by atoms with Crippen molar-refractivity contribution in [1.82, 2.24) is 5.32 Å². The van der Waals surface area contributed by atoms with Crippen LogP contribution in [-0.2, 0) is 0 Å². The molecule has 0 aromatic heterocycles. The highest BCUT2D eigenvalue weighted by atomic mass is 32.2. The smallest absolute Gasteiger partial charge is 0.0584 e. The fraction of sp³-hybridized carbons (Fsp3) is 0.500. The Hall–Kier alpha value is -0.510. The highest BCUT2D eigenvalue weighted by molar-refractivity contribution is 7.99. The van der Waals surface area contributed by atoms with Crippen LogP contribution in [0.1, 0.15) is 12.0 Å². The average molecular weight is 225 g/mol. The minimum absolute atomic E-state index is 0.213. The van der Waals surface area contributed by atoms with Gasteiger partial charge >= 0.3 is 0 Å². The van der Waals surface area contributed by atoms with E-state index in [1.165, 1.54) is 10.5 Å². The Balaban J connectivity index is 2.31. The molecule has 1 atom stereocenters. The molecule has 0 bridgehead atoms. The molecule has 3 heteroatoms. The van der Waals surface area contributed by atoms with Crippen LogP contribution in [0.4, 0.5) is 0 Å². The summed E-state index contributed by atoms with van der Waals surface area (Å²) in [6.45, 7) is 2.32. The summed E-state index contributed by atoms with van der Waals surface area (Å²) in [5.74, 6) is 1.04. The largest absolute Gasteiger partial charge is 0.395 e. The van der Waals surface area contributed by atoms with E-state index in [2.05, 4.69) is 36.5 Å². The molecule has 84 valence electrons. The minimum atomic E-state index is 0.213. The van der Waals surface area contributed by atoms with Gasteiger partial charge in [-0.3, -0.25) is 0 Å². The SMILES string of the molecule is CNC(CO)CCSc1cccc(C)c1. The number of rotatable bonds is 6. The van der Waals surface area contributed by atoms with E-state index in [4.69, 9.17) is 5.11 Å². The predicted octanol–water partition coefficient (Wildman–Crippen LogP) is 2.06. The van der Waals surface area contributed by atoms with Gasteiger partial charge in [0.05, 0.1) is 6.61 Å². The molecule has 0 aliphatic carbocycles. The van der Waals surface area contributed by atoms with Crippen molar-refractivity contribution in [3.8, 4) is 0 Å².